The number of carboxylic acid groups (broad SMARTS) is 1. The normalized spacial score (nSPS) is 30.1. The number of fused-ring (bicyclic) bond motifs is 2. The zero-order valence-electron chi connectivity index (χ0n) is 13.7. The molecule has 6 heteroatoms. The highest BCUT2D eigenvalue weighted by molar-refractivity contribution is 5.96. The second-order valence-corrected chi connectivity index (χ2v) is 7.54. The maximum Gasteiger partial charge on any atom is 0.306 e. The number of nitrogens with zero attached hydrogens (tertiary/aromatic N) is 2. The molecule has 2 N–H and O–H groups in total. The Morgan fingerprint density at radius 1 is 1.04 bits per heavy atom. The maximum atomic E-state index is 12.9. The van der Waals surface area contributed by atoms with Gasteiger partial charge in [-0.25, -0.2) is 9.97 Å². The van der Waals surface area contributed by atoms with Crippen LogP contribution in [0.1, 0.15) is 47.8 Å². The summed E-state index contributed by atoms with van der Waals surface area (Å²) in [6.45, 7) is 0. The van der Waals surface area contributed by atoms with Crippen molar-refractivity contribution in [3.8, 4) is 0 Å². The molecule has 25 heavy (non-hydrogen) atoms. The highest BCUT2D eigenvalue weighted by atomic mass is 16.4. The van der Waals surface area contributed by atoms with Gasteiger partial charge in [0.1, 0.15) is 0 Å². The van der Waals surface area contributed by atoms with E-state index in [0.29, 0.717) is 24.0 Å². The van der Waals surface area contributed by atoms with Gasteiger partial charge in [0.2, 0.25) is 0 Å². The van der Waals surface area contributed by atoms with Crippen molar-refractivity contribution in [2.45, 2.75) is 37.6 Å². The van der Waals surface area contributed by atoms with Gasteiger partial charge in [-0.2, -0.15) is 0 Å². The van der Waals surface area contributed by atoms with Gasteiger partial charge in [-0.05, 0) is 49.7 Å². The molecular formula is C19H19N3O3. The number of rotatable bonds is 4. The van der Waals surface area contributed by atoms with E-state index in [1.807, 2.05) is 24.3 Å². The first-order valence-electron chi connectivity index (χ1n) is 8.92. The van der Waals surface area contributed by atoms with Gasteiger partial charge in [0.15, 0.2) is 5.69 Å². The van der Waals surface area contributed by atoms with Crippen LogP contribution < -0.4 is 5.32 Å². The van der Waals surface area contributed by atoms with Crippen molar-refractivity contribution >= 4 is 22.9 Å². The Balaban J connectivity index is 1.43. The van der Waals surface area contributed by atoms with E-state index >= 15 is 0 Å². The van der Waals surface area contributed by atoms with Crippen LogP contribution in [-0.4, -0.2) is 33.0 Å². The predicted molar refractivity (Wildman–Crippen MR) is 90.1 cm³/mol. The van der Waals surface area contributed by atoms with Gasteiger partial charge in [0.05, 0.1) is 22.6 Å². The van der Waals surface area contributed by atoms with Gasteiger partial charge < -0.3 is 10.4 Å². The largest absolute Gasteiger partial charge is 0.481 e. The lowest BCUT2D eigenvalue weighted by Crippen LogP contribution is -2.37. The van der Waals surface area contributed by atoms with Crippen LogP contribution >= 0.6 is 0 Å². The number of carbonyl (C=O) groups is 2. The number of hydrogen-bond donors (Lipinski definition) is 2. The molecule has 0 spiro atoms. The first kappa shape index (κ1) is 14.8. The summed E-state index contributed by atoms with van der Waals surface area (Å²) in [6.07, 6.45) is 3.52. The lowest BCUT2D eigenvalue weighted by atomic mass is 10.0. The molecule has 3 aliphatic rings. The summed E-state index contributed by atoms with van der Waals surface area (Å²) >= 11 is 0. The van der Waals surface area contributed by atoms with E-state index in [2.05, 4.69) is 15.3 Å². The van der Waals surface area contributed by atoms with Crippen molar-refractivity contribution < 1.29 is 14.7 Å². The number of nitrogens with one attached hydrogen (secondary N) is 1. The Morgan fingerprint density at radius 3 is 2.40 bits per heavy atom. The number of aliphatic carboxylic acids is 1. The molecule has 4 atom stereocenters. The molecule has 6 nitrogen and oxygen atoms in total. The molecule has 0 saturated heterocycles. The Kier molecular flexibility index (Phi) is 3.11. The predicted octanol–water partition coefficient (Wildman–Crippen LogP) is 2.35. The highest BCUT2D eigenvalue weighted by Crippen LogP contribution is 2.55. The van der Waals surface area contributed by atoms with Crippen molar-refractivity contribution in [1.82, 2.24) is 15.3 Å². The topological polar surface area (TPSA) is 92.2 Å². The van der Waals surface area contributed by atoms with Crippen LogP contribution in [0.2, 0.25) is 0 Å². The van der Waals surface area contributed by atoms with Gasteiger partial charge in [-0.3, -0.25) is 9.59 Å². The zero-order chi connectivity index (χ0) is 17.1. The monoisotopic (exact) mass is 337 g/mol. The second-order valence-electron chi connectivity index (χ2n) is 7.54. The molecule has 1 aromatic carbocycles. The van der Waals surface area contributed by atoms with Crippen molar-refractivity contribution in [3.05, 3.63) is 35.7 Å². The van der Waals surface area contributed by atoms with Gasteiger partial charge in [-0.15, -0.1) is 0 Å². The summed E-state index contributed by atoms with van der Waals surface area (Å²) in [5, 5.41) is 12.3. The molecule has 3 saturated carbocycles. The summed E-state index contributed by atoms with van der Waals surface area (Å²) in [6, 6.07) is 7.53. The molecule has 2 aromatic rings. The third kappa shape index (κ3) is 2.47. The van der Waals surface area contributed by atoms with E-state index in [-0.39, 0.29) is 23.8 Å². The van der Waals surface area contributed by atoms with E-state index in [0.717, 1.165) is 36.0 Å². The minimum absolute atomic E-state index is 0.0566. The van der Waals surface area contributed by atoms with Gasteiger partial charge in [-0.1, -0.05) is 12.1 Å². The lowest BCUT2D eigenvalue weighted by Gasteiger charge is -2.17. The van der Waals surface area contributed by atoms with Crippen LogP contribution in [0, 0.1) is 17.8 Å². The van der Waals surface area contributed by atoms with E-state index in [9.17, 15) is 14.7 Å². The van der Waals surface area contributed by atoms with E-state index in [1.165, 1.54) is 0 Å². The fourth-order valence-electron chi connectivity index (χ4n) is 4.29. The molecule has 3 aliphatic carbocycles. The summed E-state index contributed by atoms with van der Waals surface area (Å²) in [5.74, 6) is -0.408. The number of aromatic nitrogens is 2. The molecule has 3 fully saturated rings. The SMILES string of the molecule is O=C(N[C@H]1C[C@@H](C(=O)O)[C@@H]2C[C@@H]21)c1nc2ccccc2nc1C1CC1. The van der Waals surface area contributed by atoms with Crippen LogP contribution in [0.3, 0.4) is 0 Å². The molecule has 0 bridgehead atoms. The third-order valence-corrected chi connectivity index (χ3v) is 5.84. The summed E-state index contributed by atoms with van der Waals surface area (Å²) in [4.78, 5) is 33.4. The van der Waals surface area contributed by atoms with Crippen LogP contribution in [0.4, 0.5) is 0 Å². The van der Waals surface area contributed by atoms with Crippen molar-refractivity contribution in [2.24, 2.45) is 17.8 Å². The fraction of sp³-hybridized carbons (Fsp3) is 0.474. The standard InChI is InChI=1S/C19H19N3O3/c23-18(22-15-8-12(19(24)25)10-7-11(10)15)17-16(9-5-6-9)20-13-3-1-2-4-14(13)21-17/h1-4,9-12,15H,5-8H2,(H,22,23)(H,24,25)/t10-,11+,12-,15+/m1/s1. The molecule has 1 aromatic heterocycles. The van der Waals surface area contributed by atoms with Crippen molar-refractivity contribution in [1.29, 1.82) is 0 Å². The number of carbonyl (C=O) groups excluding carboxylic acids is 1. The molecule has 5 rings (SSSR count). The van der Waals surface area contributed by atoms with Crippen LogP contribution in [0.5, 0.6) is 0 Å². The summed E-state index contributed by atoms with van der Waals surface area (Å²) < 4.78 is 0. The number of carboxylic acids is 1. The first-order valence-corrected chi connectivity index (χ1v) is 8.92. The summed E-state index contributed by atoms with van der Waals surface area (Å²) in [7, 11) is 0. The van der Waals surface area contributed by atoms with Gasteiger partial charge in [0, 0.05) is 12.0 Å². The Hall–Kier alpha value is -2.50. The number of hydrogen-bond acceptors (Lipinski definition) is 4. The number of benzene rings is 1. The Morgan fingerprint density at radius 2 is 1.76 bits per heavy atom. The van der Waals surface area contributed by atoms with Gasteiger partial charge in [0.25, 0.3) is 5.91 Å². The molecule has 128 valence electrons. The van der Waals surface area contributed by atoms with Crippen LogP contribution in [0.25, 0.3) is 11.0 Å². The molecule has 1 amide bonds. The number of para-hydroxylation sites is 2. The first-order chi connectivity index (χ1) is 12.1. The molecule has 1 heterocycles. The van der Waals surface area contributed by atoms with Crippen molar-refractivity contribution in [3.63, 3.8) is 0 Å². The average molecular weight is 337 g/mol. The minimum atomic E-state index is -0.742. The zero-order valence-corrected chi connectivity index (χ0v) is 13.7. The Bertz CT molecular complexity index is 893. The highest BCUT2D eigenvalue weighted by Gasteiger charge is 2.57. The Labute approximate surface area is 144 Å². The molecular weight excluding hydrogens is 318 g/mol. The van der Waals surface area contributed by atoms with Crippen LogP contribution in [-0.2, 0) is 4.79 Å². The number of amides is 1. The van der Waals surface area contributed by atoms with Gasteiger partial charge >= 0.3 is 5.97 Å². The summed E-state index contributed by atoms with van der Waals surface area (Å²) in [5.41, 5.74) is 2.74. The van der Waals surface area contributed by atoms with Crippen LogP contribution in [0.15, 0.2) is 24.3 Å². The van der Waals surface area contributed by atoms with E-state index in [1.54, 1.807) is 0 Å². The molecule has 0 unspecified atom stereocenters. The second kappa shape index (κ2) is 5.25. The minimum Gasteiger partial charge on any atom is -0.481 e. The maximum absolute atomic E-state index is 12.9. The van der Waals surface area contributed by atoms with E-state index in [4.69, 9.17) is 0 Å². The average Bonchev–Trinajstić information content (AvgIpc) is 3.51. The quantitative estimate of drug-likeness (QED) is 0.893. The third-order valence-electron chi connectivity index (χ3n) is 5.84. The van der Waals surface area contributed by atoms with E-state index < -0.39 is 5.97 Å². The smallest absolute Gasteiger partial charge is 0.306 e. The fourth-order valence-corrected chi connectivity index (χ4v) is 4.29. The van der Waals surface area contributed by atoms with Crippen molar-refractivity contribution in [2.75, 3.05) is 0 Å². The lowest BCUT2D eigenvalue weighted by molar-refractivity contribution is -0.142. The molecule has 0 aliphatic heterocycles. The molecule has 0 radical (unpaired) electrons.